The minimum absolute atomic E-state index is 0.300. The Kier molecular flexibility index (Phi) is 9.03. The third kappa shape index (κ3) is 10.2. The van der Waals surface area contributed by atoms with Gasteiger partial charge >= 0.3 is 0 Å². The molecule has 2 nitrogen and oxygen atoms in total. The highest BCUT2D eigenvalue weighted by atomic mass is 32.2. The zero-order valence-corrected chi connectivity index (χ0v) is 9.90. The van der Waals surface area contributed by atoms with Gasteiger partial charge in [-0.2, -0.15) is 11.8 Å². The second-order valence-corrected chi connectivity index (χ2v) is 4.71. The van der Waals surface area contributed by atoms with Gasteiger partial charge in [0, 0.05) is 25.0 Å². The first-order valence-electron chi connectivity index (χ1n) is 4.99. The third-order valence-electron chi connectivity index (χ3n) is 1.85. The van der Waals surface area contributed by atoms with E-state index in [0.29, 0.717) is 6.04 Å². The molecule has 0 heterocycles. The highest BCUT2D eigenvalue weighted by Crippen LogP contribution is 2.01. The Balaban J connectivity index is 3.06. The van der Waals surface area contributed by atoms with Gasteiger partial charge in [0.25, 0.3) is 0 Å². The van der Waals surface area contributed by atoms with Crippen LogP contribution in [0, 0.1) is 5.92 Å². The van der Waals surface area contributed by atoms with Crippen LogP contribution in [0.3, 0.4) is 0 Å². The van der Waals surface area contributed by atoms with Crippen molar-refractivity contribution in [3.8, 4) is 0 Å². The molecular formula is C10H23NOS. The summed E-state index contributed by atoms with van der Waals surface area (Å²) in [6.45, 7) is 6.11. The maximum atomic E-state index is 5.83. The summed E-state index contributed by atoms with van der Waals surface area (Å²) in [7, 11) is 0. The van der Waals surface area contributed by atoms with Crippen LogP contribution in [-0.4, -0.2) is 31.3 Å². The molecule has 0 aromatic heterocycles. The van der Waals surface area contributed by atoms with Crippen molar-refractivity contribution in [3.63, 3.8) is 0 Å². The number of ether oxygens (including phenoxy) is 1. The summed E-state index contributed by atoms with van der Waals surface area (Å²) in [4.78, 5) is 0. The Morgan fingerprint density at radius 1 is 1.23 bits per heavy atom. The first-order chi connectivity index (χ1) is 6.16. The molecule has 0 aliphatic carbocycles. The first-order valence-corrected chi connectivity index (χ1v) is 6.38. The molecule has 0 rings (SSSR count). The molecule has 80 valence electrons. The largest absolute Gasteiger partial charge is 0.381 e. The van der Waals surface area contributed by atoms with Gasteiger partial charge in [0.05, 0.1) is 0 Å². The SMILES string of the molecule is CSCC(N)CCOCCC(C)C. The van der Waals surface area contributed by atoms with Crippen LogP contribution < -0.4 is 5.73 Å². The molecule has 1 unspecified atom stereocenters. The Morgan fingerprint density at radius 2 is 1.85 bits per heavy atom. The van der Waals surface area contributed by atoms with Crippen LogP contribution in [0.5, 0.6) is 0 Å². The number of thioether (sulfide) groups is 1. The van der Waals surface area contributed by atoms with Crippen LogP contribution in [0.1, 0.15) is 26.7 Å². The van der Waals surface area contributed by atoms with E-state index in [0.717, 1.165) is 37.7 Å². The van der Waals surface area contributed by atoms with E-state index in [1.54, 1.807) is 11.8 Å². The molecular weight excluding hydrogens is 182 g/mol. The molecule has 0 spiro atoms. The number of rotatable bonds is 8. The predicted molar refractivity (Wildman–Crippen MR) is 61.2 cm³/mol. The summed E-state index contributed by atoms with van der Waals surface area (Å²) in [5.74, 6) is 1.77. The Hall–Kier alpha value is 0.270. The number of hydrogen-bond donors (Lipinski definition) is 1. The van der Waals surface area contributed by atoms with E-state index in [2.05, 4.69) is 20.1 Å². The fraction of sp³-hybridized carbons (Fsp3) is 1.00. The zero-order valence-electron chi connectivity index (χ0n) is 9.08. The van der Waals surface area contributed by atoms with E-state index in [9.17, 15) is 0 Å². The molecule has 0 fully saturated rings. The summed E-state index contributed by atoms with van der Waals surface area (Å²) in [6.07, 6.45) is 4.22. The van der Waals surface area contributed by atoms with Crippen molar-refractivity contribution < 1.29 is 4.74 Å². The first kappa shape index (κ1) is 13.3. The van der Waals surface area contributed by atoms with Gasteiger partial charge in [-0.05, 0) is 25.0 Å². The highest BCUT2D eigenvalue weighted by Gasteiger charge is 2.00. The van der Waals surface area contributed by atoms with Gasteiger partial charge < -0.3 is 10.5 Å². The molecule has 0 saturated heterocycles. The van der Waals surface area contributed by atoms with Crippen molar-refractivity contribution in [2.45, 2.75) is 32.7 Å². The molecule has 1 atom stereocenters. The van der Waals surface area contributed by atoms with Crippen molar-refractivity contribution in [2.24, 2.45) is 11.7 Å². The normalized spacial score (nSPS) is 13.6. The summed E-state index contributed by atoms with van der Waals surface area (Å²) in [5.41, 5.74) is 5.83. The monoisotopic (exact) mass is 205 g/mol. The minimum Gasteiger partial charge on any atom is -0.381 e. The van der Waals surface area contributed by atoms with E-state index in [-0.39, 0.29) is 0 Å². The van der Waals surface area contributed by atoms with Gasteiger partial charge in [-0.15, -0.1) is 0 Å². The van der Waals surface area contributed by atoms with Crippen LogP contribution in [0.2, 0.25) is 0 Å². The molecule has 2 N–H and O–H groups in total. The molecule has 0 saturated carbocycles. The maximum absolute atomic E-state index is 5.83. The summed E-state index contributed by atoms with van der Waals surface area (Å²) >= 11 is 1.80. The third-order valence-corrected chi connectivity index (χ3v) is 2.61. The Labute approximate surface area is 86.6 Å². The topological polar surface area (TPSA) is 35.2 Å². The van der Waals surface area contributed by atoms with Crippen molar-refractivity contribution in [3.05, 3.63) is 0 Å². The molecule has 13 heavy (non-hydrogen) atoms. The van der Waals surface area contributed by atoms with Crippen LogP contribution in [0.4, 0.5) is 0 Å². The van der Waals surface area contributed by atoms with Crippen molar-refractivity contribution in [1.29, 1.82) is 0 Å². The van der Waals surface area contributed by atoms with Crippen LogP contribution in [0.15, 0.2) is 0 Å². The van der Waals surface area contributed by atoms with Gasteiger partial charge in [-0.1, -0.05) is 13.8 Å². The minimum atomic E-state index is 0.300. The fourth-order valence-electron chi connectivity index (χ4n) is 0.953. The maximum Gasteiger partial charge on any atom is 0.0481 e. The summed E-state index contributed by atoms with van der Waals surface area (Å²) in [6, 6.07) is 0.300. The molecule has 3 heteroatoms. The van der Waals surface area contributed by atoms with E-state index < -0.39 is 0 Å². The lowest BCUT2D eigenvalue weighted by Gasteiger charge is -2.10. The highest BCUT2D eigenvalue weighted by molar-refractivity contribution is 7.98. The fourth-order valence-corrected chi connectivity index (χ4v) is 1.55. The van der Waals surface area contributed by atoms with Gasteiger partial charge in [0.15, 0.2) is 0 Å². The van der Waals surface area contributed by atoms with E-state index in [4.69, 9.17) is 10.5 Å². The number of hydrogen-bond acceptors (Lipinski definition) is 3. The van der Waals surface area contributed by atoms with Crippen molar-refractivity contribution in [1.82, 2.24) is 0 Å². The number of nitrogens with two attached hydrogens (primary N) is 1. The molecule has 0 aromatic carbocycles. The van der Waals surface area contributed by atoms with E-state index in [1.165, 1.54) is 0 Å². The summed E-state index contributed by atoms with van der Waals surface area (Å²) in [5, 5.41) is 0. The second-order valence-electron chi connectivity index (χ2n) is 3.80. The lowest BCUT2D eigenvalue weighted by molar-refractivity contribution is 0.118. The quantitative estimate of drug-likeness (QED) is 0.617. The predicted octanol–water partition coefficient (Wildman–Crippen LogP) is 2.13. The van der Waals surface area contributed by atoms with Crippen LogP contribution in [-0.2, 0) is 4.74 Å². The Bertz CT molecular complexity index is 109. The van der Waals surface area contributed by atoms with E-state index >= 15 is 0 Å². The summed E-state index contributed by atoms with van der Waals surface area (Å²) < 4.78 is 5.47. The van der Waals surface area contributed by atoms with Gasteiger partial charge in [0.1, 0.15) is 0 Å². The average molecular weight is 205 g/mol. The zero-order chi connectivity index (χ0) is 10.1. The van der Waals surface area contributed by atoms with Gasteiger partial charge in [-0.25, -0.2) is 0 Å². The molecule has 0 bridgehead atoms. The molecule has 0 amide bonds. The molecule has 0 radical (unpaired) electrons. The second kappa shape index (κ2) is 8.85. The standard InChI is InChI=1S/C10H23NOS/c1-9(2)4-6-12-7-5-10(11)8-13-3/h9-10H,4-8,11H2,1-3H3. The lowest BCUT2D eigenvalue weighted by atomic mass is 10.1. The van der Waals surface area contributed by atoms with Crippen LogP contribution >= 0.6 is 11.8 Å². The molecule has 0 aliphatic rings. The smallest absolute Gasteiger partial charge is 0.0481 e. The lowest BCUT2D eigenvalue weighted by Crippen LogP contribution is -2.24. The van der Waals surface area contributed by atoms with Crippen molar-refractivity contribution >= 4 is 11.8 Å². The van der Waals surface area contributed by atoms with Crippen LogP contribution in [0.25, 0.3) is 0 Å². The Morgan fingerprint density at radius 3 is 2.38 bits per heavy atom. The molecule has 0 aromatic rings. The van der Waals surface area contributed by atoms with E-state index in [1.807, 2.05) is 0 Å². The van der Waals surface area contributed by atoms with Gasteiger partial charge in [-0.3, -0.25) is 0 Å². The average Bonchev–Trinajstić information content (AvgIpc) is 2.03. The van der Waals surface area contributed by atoms with Gasteiger partial charge in [0.2, 0.25) is 0 Å². The van der Waals surface area contributed by atoms with Crippen molar-refractivity contribution in [2.75, 3.05) is 25.2 Å². The molecule has 0 aliphatic heterocycles.